The molecule has 0 unspecified atom stereocenters. The van der Waals surface area contributed by atoms with Crippen LogP contribution in [0.2, 0.25) is 0 Å². The molecule has 2 aromatic heterocycles. The van der Waals surface area contributed by atoms with Crippen LogP contribution in [0.3, 0.4) is 0 Å². The highest BCUT2D eigenvalue weighted by atomic mass is 16.2. The molecule has 0 radical (unpaired) electrons. The average molecular weight is 283 g/mol. The van der Waals surface area contributed by atoms with Crippen molar-refractivity contribution < 1.29 is 4.79 Å². The number of nitrogens with one attached hydrogen (secondary N) is 2. The number of pyridine rings is 2. The van der Waals surface area contributed by atoms with Gasteiger partial charge in [0.1, 0.15) is 5.56 Å². The number of H-pyrrole nitrogens is 1. The molecule has 0 fully saturated rings. The van der Waals surface area contributed by atoms with Gasteiger partial charge >= 0.3 is 0 Å². The molecule has 0 aromatic carbocycles. The first kappa shape index (κ1) is 13.5. The standard InChI is InChI=1S/C16H17N3O2/c20-15(18-10-11-5-7-17-8-6-11)13-9-12-3-1-2-4-14(12)19-16(13)21/h5-9H,1-4,10H2,(H,18,20)(H,19,21). The Bertz CT molecular complexity index is 707. The fourth-order valence-electron chi connectivity index (χ4n) is 2.62. The van der Waals surface area contributed by atoms with E-state index >= 15 is 0 Å². The molecule has 0 saturated carbocycles. The van der Waals surface area contributed by atoms with Crippen LogP contribution in [0.5, 0.6) is 0 Å². The zero-order valence-corrected chi connectivity index (χ0v) is 11.7. The molecule has 2 N–H and O–H groups in total. The van der Waals surface area contributed by atoms with Crippen molar-refractivity contribution in [2.75, 3.05) is 0 Å². The lowest BCUT2D eigenvalue weighted by Crippen LogP contribution is -2.30. The summed E-state index contributed by atoms with van der Waals surface area (Å²) in [6.45, 7) is 0.387. The Morgan fingerprint density at radius 2 is 2.00 bits per heavy atom. The van der Waals surface area contributed by atoms with E-state index in [9.17, 15) is 9.59 Å². The van der Waals surface area contributed by atoms with Gasteiger partial charge in [-0.25, -0.2) is 0 Å². The zero-order valence-electron chi connectivity index (χ0n) is 11.7. The highest BCUT2D eigenvalue weighted by Crippen LogP contribution is 2.18. The lowest BCUT2D eigenvalue weighted by atomic mass is 9.95. The summed E-state index contributed by atoms with van der Waals surface area (Å²) in [5.74, 6) is -0.332. The van der Waals surface area contributed by atoms with Gasteiger partial charge in [-0.05, 0) is 55.0 Å². The maximum Gasteiger partial charge on any atom is 0.261 e. The van der Waals surface area contributed by atoms with E-state index in [0.29, 0.717) is 6.54 Å². The number of aromatic nitrogens is 2. The SMILES string of the molecule is O=C(NCc1ccncc1)c1cc2c([nH]c1=O)CCCC2. The van der Waals surface area contributed by atoms with Gasteiger partial charge < -0.3 is 10.3 Å². The predicted molar refractivity (Wildman–Crippen MR) is 79.1 cm³/mol. The second-order valence-corrected chi connectivity index (χ2v) is 5.26. The van der Waals surface area contributed by atoms with Gasteiger partial charge in [0, 0.05) is 24.6 Å². The molecule has 2 heterocycles. The number of carbonyl (C=O) groups is 1. The normalized spacial score (nSPS) is 13.5. The lowest BCUT2D eigenvalue weighted by molar-refractivity contribution is 0.0949. The summed E-state index contributed by atoms with van der Waals surface area (Å²) < 4.78 is 0. The molecule has 108 valence electrons. The van der Waals surface area contributed by atoms with E-state index < -0.39 is 0 Å². The number of hydrogen-bond donors (Lipinski definition) is 2. The van der Waals surface area contributed by atoms with E-state index in [4.69, 9.17) is 0 Å². The predicted octanol–water partition coefficient (Wildman–Crippen LogP) is 1.58. The van der Waals surface area contributed by atoms with Gasteiger partial charge in [-0.3, -0.25) is 14.6 Å². The Morgan fingerprint density at radius 3 is 2.81 bits per heavy atom. The minimum absolute atomic E-state index is 0.199. The van der Waals surface area contributed by atoms with E-state index in [1.54, 1.807) is 18.5 Å². The van der Waals surface area contributed by atoms with Crippen molar-refractivity contribution in [1.82, 2.24) is 15.3 Å². The van der Waals surface area contributed by atoms with Crippen LogP contribution < -0.4 is 10.9 Å². The van der Waals surface area contributed by atoms with Crippen molar-refractivity contribution in [2.24, 2.45) is 0 Å². The summed E-state index contributed by atoms with van der Waals surface area (Å²) in [5, 5.41) is 2.78. The molecule has 2 aromatic rings. The number of amides is 1. The first-order valence-corrected chi connectivity index (χ1v) is 7.16. The summed E-state index contributed by atoms with van der Waals surface area (Å²) >= 11 is 0. The summed E-state index contributed by atoms with van der Waals surface area (Å²) in [6, 6.07) is 5.41. The maximum absolute atomic E-state index is 12.2. The third kappa shape index (κ3) is 3.02. The number of aromatic amines is 1. The van der Waals surface area contributed by atoms with Crippen LogP contribution in [-0.2, 0) is 19.4 Å². The fraction of sp³-hybridized carbons (Fsp3) is 0.312. The molecular weight excluding hydrogens is 266 g/mol. The first-order valence-electron chi connectivity index (χ1n) is 7.16. The van der Waals surface area contributed by atoms with Crippen molar-refractivity contribution in [2.45, 2.75) is 32.2 Å². The highest BCUT2D eigenvalue weighted by Gasteiger charge is 2.16. The smallest absolute Gasteiger partial charge is 0.261 e. The van der Waals surface area contributed by atoms with Gasteiger partial charge in [0.2, 0.25) is 0 Å². The van der Waals surface area contributed by atoms with Crippen molar-refractivity contribution in [3.8, 4) is 0 Å². The average Bonchev–Trinajstić information content (AvgIpc) is 2.53. The quantitative estimate of drug-likeness (QED) is 0.898. The molecule has 5 heteroatoms. The van der Waals surface area contributed by atoms with E-state index in [1.165, 1.54) is 0 Å². The Kier molecular flexibility index (Phi) is 3.81. The van der Waals surface area contributed by atoms with Crippen molar-refractivity contribution >= 4 is 5.91 Å². The number of carbonyl (C=O) groups excluding carboxylic acids is 1. The summed E-state index contributed by atoms with van der Waals surface area (Å²) in [5.41, 5.74) is 2.92. The van der Waals surface area contributed by atoms with E-state index in [0.717, 1.165) is 42.5 Å². The monoisotopic (exact) mass is 283 g/mol. The second-order valence-electron chi connectivity index (χ2n) is 5.26. The van der Waals surface area contributed by atoms with Crippen LogP contribution in [0.25, 0.3) is 0 Å². The van der Waals surface area contributed by atoms with Crippen molar-refractivity contribution in [3.05, 3.63) is 63.3 Å². The molecule has 0 spiro atoms. The van der Waals surface area contributed by atoms with Crippen LogP contribution in [0.15, 0.2) is 35.4 Å². The Balaban J connectivity index is 1.77. The van der Waals surface area contributed by atoms with Crippen LogP contribution in [0.1, 0.15) is 40.0 Å². The minimum atomic E-state index is -0.332. The van der Waals surface area contributed by atoms with Crippen LogP contribution in [0.4, 0.5) is 0 Å². The number of nitrogens with zero attached hydrogens (tertiary/aromatic N) is 1. The molecule has 0 aliphatic heterocycles. The molecule has 5 nitrogen and oxygen atoms in total. The third-order valence-electron chi connectivity index (χ3n) is 3.79. The van der Waals surface area contributed by atoms with Gasteiger partial charge in [0.15, 0.2) is 0 Å². The molecule has 0 saturated heterocycles. The maximum atomic E-state index is 12.2. The van der Waals surface area contributed by atoms with E-state index in [-0.39, 0.29) is 17.0 Å². The molecule has 1 aliphatic rings. The van der Waals surface area contributed by atoms with Crippen LogP contribution in [-0.4, -0.2) is 15.9 Å². The molecule has 0 atom stereocenters. The van der Waals surface area contributed by atoms with Gasteiger partial charge in [-0.1, -0.05) is 0 Å². The molecular formula is C16H17N3O2. The largest absolute Gasteiger partial charge is 0.348 e. The summed E-state index contributed by atoms with van der Waals surface area (Å²) in [7, 11) is 0. The number of hydrogen-bond acceptors (Lipinski definition) is 3. The van der Waals surface area contributed by atoms with Crippen LogP contribution in [0, 0.1) is 0 Å². The Labute approximate surface area is 122 Å². The molecule has 21 heavy (non-hydrogen) atoms. The molecule has 3 rings (SSSR count). The zero-order chi connectivity index (χ0) is 14.7. The summed E-state index contributed by atoms with van der Waals surface area (Å²) in [4.78, 5) is 31.0. The van der Waals surface area contributed by atoms with Crippen molar-refractivity contribution in [3.63, 3.8) is 0 Å². The van der Waals surface area contributed by atoms with Crippen LogP contribution >= 0.6 is 0 Å². The summed E-state index contributed by atoms with van der Waals surface area (Å²) in [6.07, 6.45) is 7.37. The number of fused-ring (bicyclic) bond motifs is 1. The highest BCUT2D eigenvalue weighted by molar-refractivity contribution is 5.94. The van der Waals surface area contributed by atoms with E-state index in [1.807, 2.05) is 12.1 Å². The Hall–Kier alpha value is -2.43. The lowest BCUT2D eigenvalue weighted by Gasteiger charge is -2.15. The van der Waals surface area contributed by atoms with E-state index in [2.05, 4.69) is 15.3 Å². The number of rotatable bonds is 3. The Morgan fingerprint density at radius 1 is 1.24 bits per heavy atom. The molecule has 1 aliphatic carbocycles. The second kappa shape index (κ2) is 5.91. The molecule has 0 bridgehead atoms. The van der Waals surface area contributed by atoms with Crippen molar-refractivity contribution in [1.29, 1.82) is 0 Å². The third-order valence-corrected chi connectivity index (χ3v) is 3.79. The van der Waals surface area contributed by atoms with Gasteiger partial charge in [-0.15, -0.1) is 0 Å². The van der Waals surface area contributed by atoms with Gasteiger partial charge in [-0.2, -0.15) is 0 Å². The topological polar surface area (TPSA) is 74.8 Å². The fourth-order valence-corrected chi connectivity index (χ4v) is 2.62. The van der Waals surface area contributed by atoms with Gasteiger partial charge in [0.25, 0.3) is 11.5 Å². The minimum Gasteiger partial charge on any atom is -0.348 e. The first-order chi connectivity index (χ1) is 10.2. The molecule has 1 amide bonds. The van der Waals surface area contributed by atoms with Gasteiger partial charge in [0.05, 0.1) is 0 Å². The number of aryl methyl sites for hydroxylation is 2.